The van der Waals surface area contributed by atoms with E-state index >= 15 is 0 Å². The molecule has 0 amide bonds. The zero-order chi connectivity index (χ0) is 14.0. The number of H-pyrrole nitrogens is 1. The van der Waals surface area contributed by atoms with Crippen molar-refractivity contribution in [3.8, 4) is 0 Å². The average Bonchev–Trinajstić information content (AvgIpc) is 2.35. The number of halogens is 1. The van der Waals surface area contributed by atoms with Crippen LogP contribution in [0.25, 0.3) is 0 Å². The molecule has 2 heterocycles. The van der Waals surface area contributed by atoms with Crippen molar-refractivity contribution in [1.29, 1.82) is 0 Å². The Kier molecular flexibility index (Phi) is 4.15. The first kappa shape index (κ1) is 13.9. The molecule has 19 heavy (non-hydrogen) atoms. The molecule has 0 saturated carbocycles. The van der Waals surface area contributed by atoms with E-state index in [1.54, 1.807) is 13.1 Å². The van der Waals surface area contributed by atoms with Crippen LogP contribution in [0.2, 0.25) is 0 Å². The summed E-state index contributed by atoms with van der Waals surface area (Å²) < 4.78 is 2.05. The standard InChI is InChI=1S/C10H10BrN5O2S/c1-3-6-12-5(11)4-7(13-6)19-10-14-8(17)9(18)15-16(10)2/h4H,3H2,1-2H3,(H,15,18). The Morgan fingerprint density at radius 2 is 2.11 bits per heavy atom. The minimum Gasteiger partial charge on any atom is -0.265 e. The molecule has 1 N–H and O–H groups in total. The number of aromatic nitrogens is 5. The van der Waals surface area contributed by atoms with Crippen LogP contribution >= 0.6 is 27.7 Å². The molecule has 0 radical (unpaired) electrons. The first-order valence-corrected chi connectivity index (χ1v) is 6.99. The van der Waals surface area contributed by atoms with E-state index in [1.807, 2.05) is 6.92 Å². The van der Waals surface area contributed by atoms with Crippen molar-refractivity contribution in [2.45, 2.75) is 23.5 Å². The number of aromatic amines is 1. The van der Waals surface area contributed by atoms with E-state index in [9.17, 15) is 9.59 Å². The quantitative estimate of drug-likeness (QED) is 0.652. The molecule has 0 aliphatic heterocycles. The Morgan fingerprint density at radius 3 is 2.79 bits per heavy atom. The molecule has 7 nitrogen and oxygen atoms in total. The summed E-state index contributed by atoms with van der Waals surface area (Å²) in [5, 5.41) is 3.39. The maximum absolute atomic E-state index is 11.2. The van der Waals surface area contributed by atoms with Crippen LogP contribution in [0, 0.1) is 0 Å². The highest BCUT2D eigenvalue weighted by molar-refractivity contribution is 9.10. The van der Waals surface area contributed by atoms with Crippen LogP contribution in [0.15, 0.2) is 30.4 Å². The van der Waals surface area contributed by atoms with E-state index in [1.165, 1.54) is 16.4 Å². The van der Waals surface area contributed by atoms with Crippen LogP contribution in [0.3, 0.4) is 0 Å². The van der Waals surface area contributed by atoms with Gasteiger partial charge in [0.2, 0.25) is 0 Å². The Balaban J connectivity index is 2.41. The summed E-state index contributed by atoms with van der Waals surface area (Å²) in [5.41, 5.74) is -1.56. The lowest BCUT2D eigenvalue weighted by Crippen LogP contribution is -2.33. The third-order valence-corrected chi connectivity index (χ3v) is 3.55. The number of hydrogen-bond donors (Lipinski definition) is 1. The van der Waals surface area contributed by atoms with Crippen molar-refractivity contribution in [2.75, 3.05) is 0 Å². The summed E-state index contributed by atoms with van der Waals surface area (Å²) in [6.45, 7) is 1.95. The van der Waals surface area contributed by atoms with Crippen molar-refractivity contribution in [3.05, 3.63) is 37.2 Å². The van der Waals surface area contributed by atoms with Crippen molar-refractivity contribution < 1.29 is 0 Å². The molecule has 0 aromatic carbocycles. The first-order chi connectivity index (χ1) is 8.99. The van der Waals surface area contributed by atoms with E-state index in [0.29, 0.717) is 27.0 Å². The van der Waals surface area contributed by atoms with Gasteiger partial charge in [0, 0.05) is 19.5 Å². The minimum absolute atomic E-state index is 0.359. The third-order valence-electron chi connectivity index (χ3n) is 2.18. The Hall–Kier alpha value is -1.48. The van der Waals surface area contributed by atoms with Crippen LogP contribution in [0.5, 0.6) is 0 Å². The molecule has 0 fully saturated rings. The van der Waals surface area contributed by atoms with Crippen molar-refractivity contribution >= 4 is 27.7 Å². The predicted molar refractivity (Wildman–Crippen MR) is 73.3 cm³/mol. The highest BCUT2D eigenvalue weighted by Crippen LogP contribution is 2.24. The van der Waals surface area contributed by atoms with Gasteiger partial charge >= 0.3 is 11.1 Å². The topological polar surface area (TPSA) is 93.5 Å². The van der Waals surface area contributed by atoms with Gasteiger partial charge in [-0.05, 0) is 27.7 Å². The summed E-state index contributed by atoms with van der Waals surface area (Å²) in [5.74, 6) is 0.686. The molecule has 2 rings (SSSR count). The second-order valence-electron chi connectivity index (χ2n) is 3.60. The van der Waals surface area contributed by atoms with Gasteiger partial charge in [0.25, 0.3) is 0 Å². The van der Waals surface area contributed by atoms with Crippen LogP contribution in [0.1, 0.15) is 12.7 Å². The minimum atomic E-state index is -0.815. The van der Waals surface area contributed by atoms with Crippen molar-refractivity contribution in [1.82, 2.24) is 24.7 Å². The molecule has 0 atom stereocenters. The van der Waals surface area contributed by atoms with E-state index in [4.69, 9.17) is 0 Å². The van der Waals surface area contributed by atoms with E-state index in [0.717, 1.165) is 0 Å². The summed E-state index contributed by atoms with van der Waals surface area (Å²) in [4.78, 5) is 34.6. The largest absolute Gasteiger partial charge is 0.339 e. The van der Waals surface area contributed by atoms with E-state index in [2.05, 4.69) is 36.0 Å². The van der Waals surface area contributed by atoms with Gasteiger partial charge in [-0.3, -0.25) is 19.4 Å². The Labute approximate surface area is 120 Å². The zero-order valence-electron chi connectivity index (χ0n) is 10.2. The van der Waals surface area contributed by atoms with Crippen LogP contribution in [-0.2, 0) is 13.5 Å². The van der Waals surface area contributed by atoms with E-state index < -0.39 is 11.1 Å². The summed E-state index contributed by atoms with van der Waals surface area (Å²) in [7, 11) is 1.60. The van der Waals surface area contributed by atoms with Gasteiger partial charge < -0.3 is 0 Å². The number of rotatable bonds is 3. The third kappa shape index (κ3) is 3.29. The van der Waals surface area contributed by atoms with Crippen LogP contribution in [-0.4, -0.2) is 24.7 Å². The molecule has 0 aliphatic carbocycles. The van der Waals surface area contributed by atoms with Crippen molar-refractivity contribution in [2.24, 2.45) is 7.05 Å². The normalized spacial score (nSPS) is 10.7. The van der Waals surface area contributed by atoms with Gasteiger partial charge in [-0.2, -0.15) is 4.98 Å². The maximum Gasteiger partial charge on any atom is 0.339 e. The van der Waals surface area contributed by atoms with Gasteiger partial charge in [-0.15, -0.1) is 0 Å². The molecular weight excluding hydrogens is 334 g/mol. The smallest absolute Gasteiger partial charge is 0.265 e. The van der Waals surface area contributed by atoms with Crippen LogP contribution < -0.4 is 11.1 Å². The monoisotopic (exact) mass is 343 g/mol. The second-order valence-corrected chi connectivity index (χ2v) is 5.40. The first-order valence-electron chi connectivity index (χ1n) is 5.38. The molecule has 0 unspecified atom stereocenters. The van der Waals surface area contributed by atoms with Gasteiger partial charge in [0.1, 0.15) is 15.5 Å². The van der Waals surface area contributed by atoms with Crippen molar-refractivity contribution in [3.63, 3.8) is 0 Å². The molecule has 9 heteroatoms. The molecule has 100 valence electrons. The lowest BCUT2D eigenvalue weighted by Gasteiger charge is -2.06. The summed E-state index contributed by atoms with van der Waals surface area (Å²) in [6, 6.07) is 1.72. The maximum atomic E-state index is 11.2. The highest BCUT2D eigenvalue weighted by atomic mass is 79.9. The summed E-state index contributed by atoms with van der Waals surface area (Å²) in [6.07, 6.45) is 0.699. The predicted octanol–water partition coefficient (Wildman–Crippen LogP) is 0.735. The number of aryl methyl sites for hydroxylation is 2. The molecular formula is C10H10BrN5O2S. The van der Waals surface area contributed by atoms with Gasteiger partial charge in [-0.25, -0.2) is 9.97 Å². The lowest BCUT2D eigenvalue weighted by molar-refractivity contribution is 0.596. The fraction of sp³-hybridized carbons (Fsp3) is 0.300. The fourth-order valence-electron chi connectivity index (χ4n) is 1.30. The van der Waals surface area contributed by atoms with Gasteiger partial charge in [0.15, 0.2) is 5.16 Å². The molecule has 2 aromatic rings. The van der Waals surface area contributed by atoms with Gasteiger partial charge in [-0.1, -0.05) is 6.92 Å². The number of hydrogen-bond acceptors (Lipinski definition) is 6. The van der Waals surface area contributed by atoms with Crippen LogP contribution in [0.4, 0.5) is 0 Å². The molecule has 0 bridgehead atoms. The second kappa shape index (κ2) is 5.66. The zero-order valence-corrected chi connectivity index (χ0v) is 12.6. The average molecular weight is 344 g/mol. The number of nitrogens with zero attached hydrogens (tertiary/aromatic N) is 4. The lowest BCUT2D eigenvalue weighted by atomic mass is 10.4. The Bertz CT molecular complexity index is 727. The molecule has 0 aliphatic rings. The fourth-order valence-corrected chi connectivity index (χ4v) is 2.69. The van der Waals surface area contributed by atoms with Gasteiger partial charge in [0.05, 0.1) is 0 Å². The summed E-state index contributed by atoms with van der Waals surface area (Å²) >= 11 is 4.48. The molecule has 2 aromatic heterocycles. The highest BCUT2D eigenvalue weighted by Gasteiger charge is 2.09. The Morgan fingerprint density at radius 1 is 1.37 bits per heavy atom. The molecule has 0 saturated heterocycles. The van der Waals surface area contributed by atoms with E-state index in [-0.39, 0.29) is 0 Å². The SMILES string of the molecule is CCc1nc(Br)cc(Sc2nc(=O)c(=O)[nH]n2C)n1. The molecule has 0 spiro atoms. The number of nitrogens with one attached hydrogen (secondary N) is 1.